The van der Waals surface area contributed by atoms with Crippen LogP contribution < -0.4 is 5.32 Å². The van der Waals surface area contributed by atoms with Gasteiger partial charge in [0.25, 0.3) is 0 Å². The standard InChI is InChI=1S/C14H11BrFNO4S/c15-12-8-11(22(16,19)20)6-7-13(12)17-14(18)21-9-10-4-2-1-3-5-10/h1-8H,9H2,(H,17,18). The molecule has 0 aromatic heterocycles. The minimum atomic E-state index is -4.79. The Morgan fingerprint density at radius 2 is 1.86 bits per heavy atom. The molecule has 2 aromatic carbocycles. The molecule has 2 rings (SSSR count). The first kappa shape index (κ1) is 16.4. The summed E-state index contributed by atoms with van der Waals surface area (Å²) in [6.07, 6.45) is -0.708. The number of hydrogen-bond acceptors (Lipinski definition) is 4. The minimum Gasteiger partial charge on any atom is -0.444 e. The van der Waals surface area contributed by atoms with Gasteiger partial charge in [-0.1, -0.05) is 30.3 Å². The van der Waals surface area contributed by atoms with E-state index in [0.717, 1.165) is 17.7 Å². The lowest BCUT2D eigenvalue weighted by molar-refractivity contribution is 0.155. The van der Waals surface area contributed by atoms with Gasteiger partial charge in [0.05, 0.1) is 10.6 Å². The first-order valence-electron chi connectivity index (χ1n) is 6.08. The van der Waals surface area contributed by atoms with Crippen LogP contribution in [0.4, 0.5) is 14.4 Å². The molecule has 0 unspecified atom stereocenters. The van der Waals surface area contributed by atoms with Crippen LogP contribution in [0.2, 0.25) is 0 Å². The number of amides is 1. The maximum absolute atomic E-state index is 12.8. The van der Waals surface area contributed by atoms with Crippen LogP contribution in [0.25, 0.3) is 0 Å². The molecule has 8 heteroatoms. The molecule has 0 aliphatic heterocycles. The SMILES string of the molecule is O=C(Nc1ccc(S(=O)(=O)F)cc1Br)OCc1ccccc1. The highest BCUT2D eigenvalue weighted by molar-refractivity contribution is 9.10. The number of carbonyl (C=O) groups is 1. The highest BCUT2D eigenvalue weighted by Gasteiger charge is 2.15. The molecule has 1 N–H and O–H groups in total. The zero-order chi connectivity index (χ0) is 16.2. The second-order valence-electron chi connectivity index (χ2n) is 4.27. The summed E-state index contributed by atoms with van der Waals surface area (Å²) in [6.45, 7) is 0.0984. The van der Waals surface area contributed by atoms with E-state index >= 15 is 0 Å². The number of anilines is 1. The molecule has 1 amide bonds. The van der Waals surface area contributed by atoms with Crippen molar-refractivity contribution in [3.8, 4) is 0 Å². The van der Waals surface area contributed by atoms with Crippen LogP contribution in [-0.2, 0) is 21.6 Å². The van der Waals surface area contributed by atoms with Gasteiger partial charge in [0.2, 0.25) is 0 Å². The monoisotopic (exact) mass is 387 g/mol. The third-order valence-corrected chi connectivity index (χ3v) is 4.14. The number of ether oxygens (including phenoxy) is 1. The molecule has 2 aromatic rings. The van der Waals surface area contributed by atoms with Crippen molar-refractivity contribution in [3.05, 3.63) is 58.6 Å². The Labute approximate surface area is 135 Å². The van der Waals surface area contributed by atoms with E-state index in [1.54, 1.807) is 0 Å². The third kappa shape index (κ3) is 4.54. The summed E-state index contributed by atoms with van der Waals surface area (Å²) in [7, 11) is -4.79. The van der Waals surface area contributed by atoms with Crippen molar-refractivity contribution >= 4 is 37.9 Å². The van der Waals surface area contributed by atoms with Crippen LogP contribution in [0.5, 0.6) is 0 Å². The molecule has 116 valence electrons. The molecule has 0 spiro atoms. The number of nitrogens with one attached hydrogen (secondary N) is 1. The maximum Gasteiger partial charge on any atom is 0.411 e. The van der Waals surface area contributed by atoms with E-state index in [4.69, 9.17) is 4.74 Å². The fourth-order valence-electron chi connectivity index (χ4n) is 1.62. The van der Waals surface area contributed by atoms with Gasteiger partial charge in [-0.05, 0) is 39.7 Å². The lowest BCUT2D eigenvalue weighted by atomic mass is 10.2. The van der Waals surface area contributed by atoms with Gasteiger partial charge >= 0.3 is 16.3 Å². The van der Waals surface area contributed by atoms with Crippen LogP contribution in [0.15, 0.2) is 57.9 Å². The minimum absolute atomic E-state index is 0.0984. The first-order valence-corrected chi connectivity index (χ1v) is 8.26. The second-order valence-corrected chi connectivity index (χ2v) is 6.47. The summed E-state index contributed by atoms with van der Waals surface area (Å²) >= 11 is 3.06. The fraction of sp³-hybridized carbons (Fsp3) is 0.0714. The van der Waals surface area contributed by atoms with E-state index in [0.29, 0.717) is 0 Å². The Balaban J connectivity index is 2.00. The molecule has 0 heterocycles. The number of halogens is 2. The highest BCUT2D eigenvalue weighted by Crippen LogP contribution is 2.26. The van der Waals surface area contributed by atoms with Crippen molar-refractivity contribution in [2.75, 3.05) is 5.32 Å². The summed E-state index contributed by atoms with van der Waals surface area (Å²) in [5, 5.41) is 2.43. The Morgan fingerprint density at radius 3 is 2.45 bits per heavy atom. The Kier molecular flexibility index (Phi) is 5.15. The van der Waals surface area contributed by atoms with Crippen LogP contribution >= 0.6 is 15.9 Å². The van der Waals surface area contributed by atoms with E-state index < -0.39 is 21.2 Å². The lowest BCUT2D eigenvalue weighted by Crippen LogP contribution is -2.14. The average molecular weight is 388 g/mol. The number of hydrogen-bond donors (Lipinski definition) is 1. The van der Waals surface area contributed by atoms with E-state index in [2.05, 4.69) is 21.2 Å². The molecule has 0 aliphatic carbocycles. The fourth-order valence-corrected chi connectivity index (χ4v) is 2.74. The Morgan fingerprint density at radius 1 is 1.18 bits per heavy atom. The smallest absolute Gasteiger partial charge is 0.411 e. The van der Waals surface area contributed by atoms with Crippen LogP contribution in [0.1, 0.15) is 5.56 Å². The van der Waals surface area contributed by atoms with Gasteiger partial charge in [-0.15, -0.1) is 3.89 Å². The first-order chi connectivity index (χ1) is 10.4. The van der Waals surface area contributed by atoms with Gasteiger partial charge in [0.15, 0.2) is 0 Å². The molecule has 5 nitrogen and oxygen atoms in total. The van der Waals surface area contributed by atoms with Gasteiger partial charge < -0.3 is 4.74 Å². The number of rotatable bonds is 4. The largest absolute Gasteiger partial charge is 0.444 e. The summed E-state index contributed by atoms with van der Waals surface area (Å²) in [5.74, 6) is 0. The van der Waals surface area contributed by atoms with E-state index in [-0.39, 0.29) is 16.8 Å². The summed E-state index contributed by atoms with van der Waals surface area (Å²) in [4.78, 5) is 11.2. The molecule has 22 heavy (non-hydrogen) atoms. The van der Waals surface area contributed by atoms with Crippen molar-refractivity contribution in [3.63, 3.8) is 0 Å². The Hall–Kier alpha value is -1.93. The predicted molar refractivity (Wildman–Crippen MR) is 82.7 cm³/mol. The summed E-state index contributed by atoms with van der Waals surface area (Å²) in [5.41, 5.74) is 1.10. The highest BCUT2D eigenvalue weighted by atomic mass is 79.9. The molecule has 0 saturated heterocycles. The van der Waals surface area contributed by atoms with Crippen LogP contribution in [-0.4, -0.2) is 14.5 Å². The van der Waals surface area contributed by atoms with Gasteiger partial charge in [0, 0.05) is 4.47 Å². The molecule has 0 saturated carbocycles. The lowest BCUT2D eigenvalue weighted by Gasteiger charge is -2.09. The van der Waals surface area contributed by atoms with Crippen molar-refractivity contribution in [2.45, 2.75) is 11.5 Å². The second kappa shape index (κ2) is 6.89. The van der Waals surface area contributed by atoms with Crippen molar-refractivity contribution in [1.29, 1.82) is 0 Å². The van der Waals surface area contributed by atoms with Crippen LogP contribution in [0, 0.1) is 0 Å². The maximum atomic E-state index is 12.8. The molecular weight excluding hydrogens is 377 g/mol. The van der Waals surface area contributed by atoms with Crippen LogP contribution in [0.3, 0.4) is 0 Å². The molecule has 0 fully saturated rings. The van der Waals surface area contributed by atoms with Gasteiger partial charge in [-0.2, -0.15) is 8.42 Å². The molecular formula is C14H11BrFNO4S. The van der Waals surface area contributed by atoms with Crippen molar-refractivity contribution in [1.82, 2.24) is 0 Å². The van der Waals surface area contributed by atoms with E-state index in [1.165, 1.54) is 6.07 Å². The zero-order valence-electron chi connectivity index (χ0n) is 11.1. The summed E-state index contributed by atoms with van der Waals surface area (Å²) in [6, 6.07) is 12.5. The molecule has 0 atom stereocenters. The predicted octanol–water partition coefficient (Wildman–Crippen LogP) is 3.86. The van der Waals surface area contributed by atoms with Gasteiger partial charge in [0.1, 0.15) is 6.61 Å². The molecule has 0 radical (unpaired) electrons. The number of benzene rings is 2. The quantitative estimate of drug-likeness (QED) is 0.808. The van der Waals surface area contributed by atoms with E-state index in [1.807, 2.05) is 30.3 Å². The topological polar surface area (TPSA) is 72.5 Å². The molecule has 0 aliphatic rings. The zero-order valence-corrected chi connectivity index (χ0v) is 13.5. The van der Waals surface area contributed by atoms with Gasteiger partial charge in [-0.25, -0.2) is 4.79 Å². The number of carbonyl (C=O) groups excluding carboxylic acids is 1. The normalized spacial score (nSPS) is 11.0. The van der Waals surface area contributed by atoms with Crippen molar-refractivity contribution in [2.24, 2.45) is 0 Å². The third-order valence-electron chi connectivity index (χ3n) is 2.67. The summed E-state index contributed by atoms with van der Waals surface area (Å²) < 4.78 is 39.6. The molecule has 0 bridgehead atoms. The average Bonchev–Trinajstić information content (AvgIpc) is 2.47. The Bertz CT molecular complexity index is 781. The van der Waals surface area contributed by atoms with Gasteiger partial charge in [-0.3, -0.25) is 5.32 Å². The van der Waals surface area contributed by atoms with Crippen molar-refractivity contribution < 1.29 is 21.8 Å². The van der Waals surface area contributed by atoms with E-state index in [9.17, 15) is 17.1 Å².